The van der Waals surface area contributed by atoms with Crippen LogP contribution in [0.25, 0.3) is 0 Å². The van der Waals surface area contributed by atoms with Crippen LogP contribution in [0.15, 0.2) is 103 Å². The Hall–Kier alpha value is -4.20. The van der Waals surface area contributed by atoms with Crippen LogP contribution in [0.4, 0.5) is 0 Å². The second-order valence-electron chi connectivity index (χ2n) is 12.6. The molecule has 4 rings (SSSR count). The number of rotatable bonds is 19. The lowest BCUT2D eigenvalue weighted by atomic mass is 9.64. The van der Waals surface area contributed by atoms with Gasteiger partial charge in [0.2, 0.25) is 0 Å². The smallest absolute Gasteiger partial charge is 0.254 e. The Morgan fingerprint density at radius 2 is 1.14 bits per heavy atom. The van der Waals surface area contributed by atoms with Crippen LogP contribution in [-0.2, 0) is 9.94 Å². The summed E-state index contributed by atoms with van der Waals surface area (Å²) in [6.07, 6.45) is -2.83. The molecule has 0 saturated heterocycles. The number of ether oxygens (including phenoxy) is 4. The van der Waals surface area contributed by atoms with Crippen molar-refractivity contribution in [3.8, 4) is 29.1 Å². The van der Waals surface area contributed by atoms with E-state index in [-0.39, 0.29) is 25.1 Å². The first-order valence-corrected chi connectivity index (χ1v) is 18.2. The third kappa shape index (κ3) is 9.57. The Labute approximate surface area is 303 Å². The molecule has 0 aliphatic heterocycles. The van der Waals surface area contributed by atoms with Crippen molar-refractivity contribution in [3.63, 3.8) is 0 Å². The Kier molecular flexibility index (Phi) is 14.6. The van der Waals surface area contributed by atoms with E-state index in [0.29, 0.717) is 23.0 Å². The lowest BCUT2D eigenvalue weighted by Crippen LogP contribution is -2.53. The average Bonchev–Trinajstić information content (AvgIpc) is 3.14. The lowest BCUT2D eigenvalue weighted by Gasteiger charge is -2.43. The van der Waals surface area contributed by atoms with Crippen LogP contribution in [0.1, 0.15) is 50.8 Å². The number of hydrogen-bond acceptors (Lipinski definition) is 10. The van der Waals surface area contributed by atoms with Crippen LogP contribution in [0.2, 0.25) is 0 Å². The third-order valence-corrected chi connectivity index (χ3v) is 9.91. The summed E-state index contributed by atoms with van der Waals surface area (Å²) in [4.78, 5) is 13.7. The van der Waals surface area contributed by atoms with Crippen LogP contribution in [0.5, 0.6) is 23.0 Å². The largest absolute Gasteiger partial charge is 0.497 e. The zero-order valence-corrected chi connectivity index (χ0v) is 31.3. The minimum atomic E-state index is -2.39. The van der Waals surface area contributed by atoms with E-state index in [1.165, 1.54) is 0 Å². The van der Waals surface area contributed by atoms with Crippen molar-refractivity contribution in [2.45, 2.75) is 70.0 Å². The van der Waals surface area contributed by atoms with Crippen molar-refractivity contribution in [1.82, 2.24) is 9.99 Å². The number of benzene rings is 4. The summed E-state index contributed by atoms with van der Waals surface area (Å²) in [5.74, 6) is 2.52. The van der Waals surface area contributed by atoms with Gasteiger partial charge in [0.05, 0.1) is 45.4 Å². The quantitative estimate of drug-likeness (QED) is 0.0529. The summed E-state index contributed by atoms with van der Waals surface area (Å²) in [5.41, 5.74) is 1.06. The van der Waals surface area contributed by atoms with Gasteiger partial charge >= 0.3 is 0 Å². The van der Waals surface area contributed by atoms with Crippen molar-refractivity contribution >= 4 is 8.53 Å². The normalized spacial score (nSPS) is 14.1. The highest BCUT2D eigenvalue weighted by Gasteiger charge is 2.48. The van der Waals surface area contributed by atoms with Gasteiger partial charge in [-0.3, -0.25) is 4.90 Å². The van der Waals surface area contributed by atoms with Crippen molar-refractivity contribution in [2.75, 3.05) is 27.9 Å². The van der Waals surface area contributed by atoms with Crippen molar-refractivity contribution in [2.24, 2.45) is 0 Å². The van der Waals surface area contributed by atoms with Gasteiger partial charge in [0.1, 0.15) is 41.8 Å². The topological polar surface area (TPSA) is 126 Å². The van der Waals surface area contributed by atoms with Gasteiger partial charge in [-0.25, -0.2) is 5.09 Å². The van der Waals surface area contributed by atoms with Crippen molar-refractivity contribution in [1.29, 1.82) is 5.26 Å². The van der Waals surface area contributed by atoms with E-state index < -0.39 is 32.3 Å². The lowest BCUT2D eigenvalue weighted by molar-refractivity contribution is -0.0193. The molecular weight excluding hydrogens is 665 g/mol. The van der Waals surface area contributed by atoms with E-state index in [2.05, 4.69) is 16.1 Å². The first-order valence-electron chi connectivity index (χ1n) is 16.9. The number of aliphatic hydroxyl groups is 1. The van der Waals surface area contributed by atoms with E-state index in [4.69, 9.17) is 23.5 Å². The number of aliphatic hydroxyl groups excluding tert-OH is 1. The number of hydrogen-bond donors (Lipinski definition) is 3. The number of methoxy groups -OCH3 is 3. The number of nitrogens with zero attached hydrogens (tertiary/aromatic N) is 2. The Morgan fingerprint density at radius 3 is 1.57 bits per heavy atom. The van der Waals surface area contributed by atoms with Crippen molar-refractivity contribution in [3.05, 3.63) is 120 Å². The third-order valence-electron chi connectivity index (χ3n) is 8.92. The van der Waals surface area contributed by atoms with Crippen molar-refractivity contribution < 1.29 is 33.5 Å². The molecule has 0 aliphatic rings. The molecule has 272 valence electrons. The molecule has 0 aromatic heterocycles. The molecule has 10 nitrogen and oxygen atoms in total. The van der Waals surface area contributed by atoms with Gasteiger partial charge in [-0.2, -0.15) is 5.26 Å². The highest BCUT2D eigenvalue weighted by Crippen LogP contribution is 2.46. The molecule has 0 heterocycles. The highest BCUT2D eigenvalue weighted by molar-refractivity contribution is 7.43. The molecule has 11 heteroatoms. The molecule has 51 heavy (non-hydrogen) atoms. The zero-order chi connectivity index (χ0) is 37.0. The van der Waals surface area contributed by atoms with Crippen LogP contribution in [0, 0.1) is 11.3 Å². The predicted molar refractivity (Wildman–Crippen MR) is 200 cm³/mol. The molecule has 0 aliphatic carbocycles. The summed E-state index contributed by atoms with van der Waals surface area (Å²) in [6, 6.07) is 34.3. The minimum absolute atomic E-state index is 0.0786. The summed E-state index contributed by atoms with van der Waals surface area (Å²) < 4.78 is 29.0. The maximum atomic E-state index is 13.0. The van der Waals surface area contributed by atoms with E-state index in [9.17, 15) is 15.3 Å². The molecule has 0 amide bonds. The fourth-order valence-electron chi connectivity index (χ4n) is 6.64. The van der Waals surface area contributed by atoms with E-state index in [1.54, 1.807) is 45.6 Å². The maximum Gasteiger partial charge on any atom is 0.254 e. The summed E-state index contributed by atoms with van der Waals surface area (Å²) in [5, 5.41) is 25.9. The SMILES string of the molecule is COc1ccc(OCC(OP(O)NC(CC#N)N(C(C)C)C(C)C)C(O)C(c2ccccc2)(c2ccc(OC)cc2)c2ccc(OC)cc2)cc1. The maximum absolute atomic E-state index is 13.0. The first-order chi connectivity index (χ1) is 24.6. The second-order valence-corrected chi connectivity index (χ2v) is 13.6. The van der Waals surface area contributed by atoms with Gasteiger partial charge in [0.15, 0.2) is 0 Å². The number of nitriles is 1. The molecule has 0 spiro atoms. The van der Waals surface area contributed by atoms with Gasteiger partial charge in [-0.1, -0.05) is 54.6 Å². The zero-order valence-electron chi connectivity index (χ0n) is 30.4. The van der Waals surface area contributed by atoms with Gasteiger partial charge in [-0.05, 0) is 92.9 Å². The molecule has 4 unspecified atom stereocenters. The van der Waals surface area contributed by atoms with E-state index in [0.717, 1.165) is 16.7 Å². The van der Waals surface area contributed by atoms with Crippen LogP contribution in [0.3, 0.4) is 0 Å². The molecule has 3 N–H and O–H groups in total. The monoisotopic (exact) mass is 715 g/mol. The molecule has 4 aromatic rings. The molecule has 0 saturated carbocycles. The molecular formula is C40H50N3O7P. The molecule has 0 radical (unpaired) electrons. The number of nitrogens with one attached hydrogen (secondary N) is 1. The van der Waals surface area contributed by atoms with Crippen LogP contribution >= 0.6 is 8.53 Å². The van der Waals surface area contributed by atoms with E-state index >= 15 is 0 Å². The highest BCUT2D eigenvalue weighted by atomic mass is 31.2. The summed E-state index contributed by atoms with van der Waals surface area (Å²) in [6.45, 7) is 8.04. The predicted octanol–water partition coefficient (Wildman–Crippen LogP) is 7.04. The van der Waals surface area contributed by atoms with Gasteiger partial charge in [0, 0.05) is 12.1 Å². The van der Waals surface area contributed by atoms with E-state index in [1.807, 2.05) is 107 Å². The molecule has 0 fully saturated rings. The van der Waals surface area contributed by atoms with Crippen LogP contribution < -0.4 is 24.0 Å². The molecule has 4 aromatic carbocycles. The minimum Gasteiger partial charge on any atom is -0.497 e. The van der Waals surface area contributed by atoms with Gasteiger partial charge in [0.25, 0.3) is 8.53 Å². The van der Waals surface area contributed by atoms with Gasteiger partial charge in [-0.15, -0.1) is 0 Å². The van der Waals surface area contributed by atoms with Crippen LogP contribution in [-0.4, -0.2) is 73.3 Å². The second kappa shape index (κ2) is 18.9. The summed E-state index contributed by atoms with van der Waals surface area (Å²) >= 11 is 0. The summed E-state index contributed by atoms with van der Waals surface area (Å²) in [7, 11) is 2.42. The fraction of sp³-hybridized carbons (Fsp3) is 0.375. The average molecular weight is 716 g/mol. The Morgan fingerprint density at radius 1 is 0.706 bits per heavy atom. The molecule has 0 bridgehead atoms. The first kappa shape index (κ1) is 39.6. The fourth-order valence-corrected chi connectivity index (χ4v) is 7.61. The Bertz CT molecular complexity index is 1590. The van der Waals surface area contributed by atoms with Gasteiger partial charge < -0.3 is 33.5 Å². The standard InChI is InChI=1S/C40H50N3O7P/c1-28(2)43(29(3)4)38(25-26-41)42-51(45)50-37(27-49-36-23-21-35(48-7)22-24-36)39(44)40(30-11-9-8-10-12-30,31-13-17-33(46-5)18-14-31)32-15-19-34(47-6)20-16-32/h8-24,28-29,37-39,42,44-45H,25,27H2,1-7H3. The molecule has 4 atom stereocenters. The Balaban J connectivity index is 1.87.